The maximum atomic E-state index is 12.1. The summed E-state index contributed by atoms with van der Waals surface area (Å²) in [4.78, 5) is 26.8. The Hall–Kier alpha value is -1.52. The summed E-state index contributed by atoms with van der Waals surface area (Å²) in [6.45, 7) is 0.659. The number of amides is 1. The maximum Gasteiger partial charge on any atom is 0.284 e. The molecule has 2 rings (SSSR count). The van der Waals surface area contributed by atoms with Gasteiger partial charge in [-0.15, -0.1) is 0 Å². The van der Waals surface area contributed by atoms with Gasteiger partial charge in [0.05, 0.1) is 6.61 Å². The van der Waals surface area contributed by atoms with Crippen molar-refractivity contribution in [1.29, 1.82) is 0 Å². The fourth-order valence-corrected chi connectivity index (χ4v) is 2.39. The molecule has 1 aromatic heterocycles. The molecule has 0 saturated carbocycles. The molecular formula is C11H14ClN3O6. The highest BCUT2D eigenvalue weighted by atomic mass is 35.5. The maximum absolute atomic E-state index is 12.1. The Labute approximate surface area is 123 Å². The van der Waals surface area contributed by atoms with E-state index in [1.54, 1.807) is 0 Å². The highest BCUT2D eigenvalue weighted by Gasteiger charge is 2.53. The van der Waals surface area contributed by atoms with Gasteiger partial charge >= 0.3 is 0 Å². The lowest BCUT2D eigenvalue weighted by molar-refractivity contribution is -0.0983. The number of nitrogens with zero attached hydrogens (tertiary/aromatic N) is 2. The van der Waals surface area contributed by atoms with Crippen LogP contribution in [0.15, 0.2) is 11.0 Å². The van der Waals surface area contributed by atoms with Crippen molar-refractivity contribution in [2.45, 2.75) is 31.0 Å². The van der Waals surface area contributed by atoms with Gasteiger partial charge in [-0.1, -0.05) is 11.6 Å². The number of primary amides is 1. The third-order valence-electron chi connectivity index (χ3n) is 3.32. The van der Waals surface area contributed by atoms with Crippen molar-refractivity contribution < 1.29 is 24.9 Å². The first-order valence-corrected chi connectivity index (χ1v) is 6.33. The second-order valence-electron chi connectivity index (χ2n) is 4.87. The minimum absolute atomic E-state index is 0.218. The Morgan fingerprint density at radius 1 is 1.67 bits per heavy atom. The summed E-state index contributed by atoms with van der Waals surface area (Å²) in [5, 5.41) is 29.1. The van der Waals surface area contributed by atoms with Crippen LogP contribution in [0.3, 0.4) is 0 Å². The molecule has 4 atom stereocenters. The van der Waals surface area contributed by atoms with E-state index in [1.165, 1.54) is 6.92 Å². The molecule has 116 valence electrons. The SMILES string of the molecule is C[C@@]1(O)[C@H](O)[C@@H](CO)O[C@H]1n1cc(Cl)nc(C(N)=O)c1=O. The molecule has 1 aliphatic heterocycles. The van der Waals surface area contributed by atoms with Gasteiger partial charge in [0.2, 0.25) is 0 Å². The minimum atomic E-state index is -1.89. The standard InChI is InChI=1S/C11H14ClN3O6/c1-11(20)7(17)4(3-16)21-10(11)15-2-5(12)14-6(8(13)18)9(15)19/h2,4,7,10,16-17,20H,3H2,1H3,(H2,13,18)/t4-,7-,10-,11-/m1/s1. The van der Waals surface area contributed by atoms with Crippen LogP contribution in [0.2, 0.25) is 5.15 Å². The number of nitrogens with two attached hydrogens (primary N) is 1. The summed E-state index contributed by atoms with van der Waals surface area (Å²) in [6, 6.07) is 0. The molecule has 5 N–H and O–H groups in total. The number of halogens is 1. The van der Waals surface area contributed by atoms with E-state index in [1.807, 2.05) is 0 Å². The zero-order chi connectivity index (χ0) is 15.9. The van der Waals surface area contributed by atoms with Crippen LogP contribution in [0, 0.1) is 0 Å². The van der Waals surface area contributed by atoms with E-state index in [0.29, 0.717) is 0 Å². The second kappa shape index (κ2) is 5.35. The second-order valence-corrected chi connectivity index (χ2v) is 5.26. The average Bonchev–Trinajstić information content (AvgIpc) is 2.63. The van der Waals surface area contributed by atoms with Gasteiger partial charge in [0.25, 0.3) is 11.5 Å². The van der Waals surface area contributed by atoms with Crippen LogP contribution in [0.5, 0.6) is 0 Å². The average molecular weight is 320 g/mol. The summed E-state index contributed by atoms with van der Waals surface area (Å²) in [5.74, 6) is -1.09. The van der Waals surface area contributed by atoms with Gasteiger partial charge < -0.3 is 25.8 Å². The lowest BCUT2D eigenvalue weighted by atomic mass is 9.96. The van der Waals surface area contributed by atoms with Crippen LogP contribution in [0.4, 0.5) is 0 Å². The molecule has 1 aromatic rings. The first kappa shape index (κ1) is 15.9. The monoisotopic (exact) mass is 319 g/mol. The Kier molecular flexibility index (Phi) is 4.04. The third kappa shape index (κ3) is 2.54. The van der Waals surface area contributed by atoms with Crippen LogP contribution in [0.1, 0.15) is 23.6 Å². The summed E-state index contributed by atoms with van der Waals surface area (Å²) in [5.41, 5.74) is 1.59. The van der Waals surface area contributed by atoms with Gasteiger partial charge in [0, 0.05) is 6.20 Å². The summed E-state index contributed by atoms with van der Waals surface area (Å²) >= 11 is 5.72. The number of aliphatic hydroxyl groups is 3. The highest BCUT2D eigenvalue weighted by molar-refractivity contribution is 6.29. The predicted molar refractivity (Wildman–Crippen MR) is 69.7 cm³/mol. The summed E-state index contributed by atoms with van der Waals surface area (Å²) in [7, 11) is 0. The van der Waals surface area contributed by atoms with Crippen molar-refractivity contribution >= 4 is 17.5 Å². The number of hydrogen-bond donors (Lipinski definition) is 4. The Bertz CT molecular complexity index is 631. The largest absolute Gasteiger partial charge is 0.394 e. The predicted octanol–water partition coefficient (Wildman–Crippen LogP) is -2.00. The fraction of sp³-hybridized carbons (Fsp3) is 0.545. The lowest BCUT2D eigenvalue weighted by Gasteiger charge is -2.27. The molecule has 1 aliphatic rings. The van der Waals surface area contributed by atoms with E-state index in [2.05, 4.69) is 4.98 Å². The zero-order valence-corrected chi connectivity index (χ0v) is 11.7. The molecule has 0 bridgehead atoms. The molecule has 0 radical (unpaired) electrons. The third-order valence-corrected chi connectivity index (χ3v) is 3.50. The lowest BCUT2D eigenvalue weighted by Crippen LogP contribution is -2.46. The fourth-order valence-electron chi connectivity index (χ4n) is 2.20. The van der Waals surface area contributed by atoms with Crippen molar-refractivity contribution in [1.82, 2.24) is 9.55 Å². The number of aromatic nitrogens is 2. The molecule has 2 heterocycles. The van der Waals surface area contributed by atoms with Gasteiger partial charge in [-0.25, -0.2) is 4.98 Å². The smallest absolute Gasteiger partial charge is 0.284 e. The number of aliphatic hydroxyl groups excluding tert-OH is 2. The van der Waals surface area contributed by atoms with Crippen molar-refractivity contribution in [2.75, 3.05) is 6.61 Å². The summed E-state index contributed by atoms with van der Waals surface area (Å²) < 4.78 is 6.08. The van der Waals surface area contributed by atoms with E-state index in [0.717, 1.165) is 10.8 Å². The van der Waals surface area contributed by atoms with E-state index < -0.39 is 47.8 Å². The number of carbonyl (C=O) groups excluding carboxylic acids is 1. The van der Waals surface area contributed by atoms with E-state index >= 15 is 0 Å². The molecule has 1 amide bonds. The Morgan fingerprint density at radius 2 is 2.29 bits per heavy atom. The number of carbonyl (C=O) groups is 1. The minimum Gasteiger partial charge on any atom is -0.394 e. The van der Waals surface area contributed by atoms with Crippen LogP contribution >= 0.6 is 11.6 Å². The first-order chi connectivity index (χ1) is 9.70. The highest BCUT2D eigenvalue weighted by Crippen LogP contribution is 2.37. The van der Waals surface area contributed by atoms with Gasteiger partial charge in [0.15, 0.2) is 11.9 Å². The molecule has 1 fully saturated rings. The van der Waals surface area contributed by atoms with E-state index in [4.69, 9.17) is 27.2 Å². The van der Waals surface area contributed by atoms with Crippen LogP contribution in [0.25, 0.3) is 0 Å². The Balaban J connectivity index is 2.57. The molecular weight excluding hydrogens is 306 g/mol. The molecule has 0 unspecified atom stereocenters. The number of rotatable bonds is 3. The molecule has 0 spiro atoms. The first-order valence-electron chi connectivity index (χ1n) is 5.95. The quantitative estimate of drug-likeness (QED) is 0.503. The van der Waals surface area contributed by atoms with E-state index in [-0.39, 0.29) is 5.15 Å². The molecule has 9 nitrogen and oxygen atoms in total. The molecule has 0 aliphatic carbocycles. The number of hydrogen-bond acceptors (Lipinski definition) is 7. The summed E-state index contributed by atoms with van der Waals surface area (Å²) in [6.07, 6.45) is -2.86. The van der Waals surface area contributed by atoms with Gasteiger partial charge in [-0.3, -0.25) is 14.2 Å². The molecule has 0 aromatic carbocycles. The van der Waals surface area contributed by atoms with Crippen LogP contribution < -0.4 is 11.3 Å². The number of ether oxygens (including phenoxy) is 1. The van der Waals surface area contributed by atoms with Crippen molar-refractivity contribution in [3.8, 4) is 0 Å². The van der Waals surface area contributed by atoms with Gasteiger partial charge in [-0.05, 0) is 6.92 Å². The Morgan fingerprint density at radius 3 is 2.76 bits per heavy atom. The van der Waals surface area contributed by atoms with E-state index in [9.17, 15) is 19.8 Å². The van der Waals surface area contributed by atoms with Crippen molar-refractivity contribution in [2.24, 2.45) is 5.73 Å². The van der Waals surface area contributed by atoms with Crippen LogP contribution in [-0.2, 0) is 4.74 Å². The molecule has 21 heavy (non-hydrogen) atoms. The van der Waals surface area contributed by atoms with Crippen LogP contribution in [-0.4, -0.2) is 55.2 Å². The van der Waals surface area contributed by atoms with Crippen molar-refractivity contribution in [3.05, 3.63) is 27.4 Å². The van der Waals surface area contributed by atoms with Gasteiger partial charge in [0.1, 0.15) is 23.0 Å². The zero-order valence-electron chi connectivity index (χ0n) is 10.9. The van der Waals surface area contributed by atoms with Gasteiger partial charge in [-0.2, -0.15) is 0 Å². The normalized spacial score (nSPS) is 32.3. The molecule has 10 heteroatoms. The van der Waals surface area contributed by atoms with Crippen molar-refractivity contribution in [3.63, 3.8) is 0 Å². The topological polar surface area (TPSA) is 148 Å². The molecule has 1 saturated heterocycles.